The van der Waals surface area contributed by atoms with Gasteiger partial charge in [0.15, 0.2) is 0 Å². The van der Waals surface area contributed by atoms with Gasteiger partial charge in [0.2, 0.25) is 4.75 Å². The van der Waals surface area contributed by atoms with Crippen LogP contribution in [0.25, 0.3) is 0 Å². The lowest BCUT2D eigenvalue weighted by atomic mass is 9.95. The third-order valence-electron chi connectivity index (χ3n) is 6.32. The summed E-state index contributed by atoms with van der Waals surface area (Å²) in [6, 6.07) is 15.4. The van der Waals surface area contributed by atoms with E-state index in [1.165, 1.54) is 31.0 Å². The van der Waals surface area contributed by atoms with Crippen molar-refractivity contribution in [1.29, 1.82) is 0 Å². The first-order valence-corrected chi connectivity index (χ1v) is 12.5. The van der Waals surface area contributed by atoms with Gasteiger partial charge in [-0.25, -0.2) is 4.79 Å². The molecule has 2 aliphatic rings. The van der Waals surface area contributed by atoms with Crippen LogP contribution in [0, 0.1) is 0 Å². The van der Waals surface area contributed by atoms with Gasteiger partial charge in [-0.3, -0.25) is 4.79 Å². The largest absolute Gasteiger partial charge is 0.497 e. The molecule has 0 N–H and O–H groups in total. The van der Waals surface area contributed by atoms with Crippen LogP contribution in [-0.4, -0.2) is 61.4 Å². The molecule has 1 unspecified atom stereocenters. The fraction of sp³-hybridized carbons (Fsp3) is 0.462. The highest BCUT2D eigenvalue weighted by atomic mass is 32.2. The number of amides is 1. The van der Waals surface area contributed by atoms with E-state index in [-0.39, 0.29) is 18.9 Å². The molecule has 1 saturated heterocycles. The predicted octanol–water partition coefficient (Wildman–Crippen LogP) is 4.16. The summed E-state index contributed by atoms with van der Waals surface area (Å²) in [6.07, 6.45) is 3.92. The summed E-state index contributed by atoms with van der Waals surface area (Å²) in [7, 11) is 1.62. The number of anilines is 1. The Hall–Kier alpha value is -2.51. The lowest BCUT2D eigenvalue weighted by molar-refractivity contribution is -0.149. The number of benzene rings is 2. The second-order valence-corrected chi connectivity index (χ2v) is 9.85. The molecule has 33 heavy (non-hydrogen) atoms. The van der Waals surface area contributed by atoms with E-state index in [2.05, 4.69) is 4.90 Å². The second kappa shape index (κ2) is 10.6. The Morgan fingerprint density at radius 3 is 2.52 bits per heavy atom. The highest BCUT2D eigenvalue weighted by molar-refractivity contribution is 8.02. The minimum absolute atomic E-state index is 0.204. The van der Waals surface area contributed by atoms with Crippen molar-refractivity contribution in [2.24, 2.45) is 0 Å². The van der Waals surface area contributed by atoms with Crippen LogP contribution in [0.3, 0.4) is 0 Å². The highest BCUT2D eigenvalue weighted by Gasteiger charge is 2.54. The molecule has 1 amide bonds. The smallest absolute Gasteiger partial charge is 0.332 e. The molecule has 2 aromatic rings. The molecule has 0 radical (unpaired) electrons. The van der Waals surface area contributed by atoms with Gasteiger partial charge in [0.1, 0.15) is 5.75 Å². The van der Waals surface area contributed by atoms with Gasteiger partial charge < -0.3 is 19.3 Å². The SMILES string of the molecule is CCOC(=O)C1(Cc2ccccc2)Sc2cc(OC)ccc2N(CCN2CCCCC2)C1=O. The fourth-order valence-electron chi connectivity index (χ4n) is 4.58. The molecule has 0 bridgehead atoms. The van der Waals surface area contributed by atoms with Crippen LogP contribution in [0.2, 0.25) is 0 Å². The van der Waals surface area contributed by atoms with Crippen LogP contribution >= 0.6 is 11.8 Å². The van der Waals surface area contributed by atoms with Gasteiger partial charge in [-0.2, -0.15) is 0 Å². The number of carbonyl (C=O) groups excluding carboxylic acids is 2. The first-order valence-electron chi connectivity index (χ1n) is 11.7. The monoisotopic (exact) mass is 468 g/mol. The van der Waals surface area contributed by atoms with Crippen molar-refractivity contribution in [2.75, 3.05) is 44.8 Å². The van der Waals surface area contributed by atoms with Crippen LogP contribution in [0.5, 0.6) is 5.75 Å². The standard InChI is InChI=1S/C26H32N2O4S/c1-3-32-25(30)26(19-20-10-6-4-7-11-20)24(29)28(17-16-27-14-8-5-9-15-27)22-13-12-21(31-2)18-23(22)33-26/h4,6-7,10-13,18H,3,5,8-9,14-17,19H2,1-2H3. The number of methoxy groups -OCH3 is 1. The van der Waals surface area contributed by atoms with Crippen LogP contribution < -0.4 is 9.64 Å². The summed E-state index contributed by atoms with van der Waals surface area (Å²) >= 11 is 1.29. The Balaban J connectivity index is 1.73. The average molecular weight is 469 g/mol. The van der Waals surface area contributed by atoms with E-state index in [0.29, 0.717) is 12.3 Å². The summed E-state index contributed by atoms with van der Waals surface area (Å²) in [4.78, 5) is 32.6. The van der Waals surface area contributed by atoms with Gasteiger partial charge in [0.25, 0.3) is 5.91 Å². The molecule has 2 heterocycles. The molecule has 176 valence electrons. The van der Waals surface area contributed by atoms with E-state index in [0.717, 1.165) is 35.8 Å². The minimum atomic E-state index is -1.38. The number of hydrogen-bond acceptors (Lipinski definition) is 6. The Kier molecular flexibility index (Phi) is 7.60. The van der Waals surface area contributed by atoms with Crippen molar-refractivity contribution in [1.82, 2.24) is 4.90 Å². The van der Waals surface area contributed by atoms with Crippen molar-refractivity contribution in [3.8, 4) is 5.75 Å². The summed E-state index contributed by atoms with van der Waals surface area (Å²) in [5.41, 5.74) is 1.75. The summed E-state index contributed by atoms with van der Waals surface area (Å²) in [6.45, 7) is 5.43. The van der Waals surface area contributed by atoms with Crippen molar-refractivity contribution < 1.29 is 19.1 Å². The van der Waals surface area contributed by atoms with Gasteiger partial charge in [-0.1, -0.05) is 48.5 Å². The molecule has 4 rings (SSSR count). The highest BCUT2D eigenvalue weighted by Crippen LogP contribution is 2.49. The maximum atomic E-state index is 14.1. The summed E-state index contributed by atoms with van der Waals surface area (Å²) < 4.78 is 9.57. The van der Waals surface area contributed by atoms with E-state index in [1.54, 1.807) is 18.9 Å². The molecule has 0 aromatic heterocycles. The molecule has 0 saturated carbocycles. The number of thioether (sulfide) groups is 1. The number of esters is 1. The second-order valence-electron chi connectivity index (χ2n) is 8.50. The lowest BCUT2D eigenvalue weighted by Gasteiger charge is -2.41. The molecule has 7 heteroatoms. The number of fused-ring (bicyclic) bond motifs is 1. The third kappa shape index (κ3) is 5.04. The normalized spacial score (nSPS) is 20.9. The van der Waals surface area contributed by atoms with E-state index >= 15 is 0 Å². The predicted molar refractivity (Wildman–Crippen MR) is 131 cm³/mol. The number of ether oxygens (including phenoxy) is 2. The van der Waals surface area contributed by atoms with Crippen LogP contribution in [-0.2, 0) is 20.7 Å². The minimum Gasteiger partial charge on any atom is -0.497 e. The molecule has 1 fully saturated rings. The molecule has 2 aliphatic heterocycles. The zero-order valence-corrected chi connectivity index (χ0v) is 20.2. The Morgan fingerprint density at radius 1 is 1.06 bits per heavy atom. The molecule has 0 spiro atoms. The van der Waals surface area contributed by atoms with Crippen molar-refractivity contribution in [3.63, 3.8) is 0 Å². The van der Waals surface area contributed by atoms with Crippen LogP contribution in [0.1, 0.15) is 31.7 Å². The number of hydrogen-bond donors (Lipinski definition) is 0. The van der Waals surface area contributed by atoms with E-state index in [9.17, 15) is 9.59 Å². The molecule has 6 nitrogen and oxygen atoms in total. The summed E-state index contributed by atoms with van der Waals surface area (Å²) in [5.74, 6) is 0.00817. The van der Waals surface area contributed by atoms with E-state index < -0.39 is 10.7 Å². The first-order chi connectivity index (χ1) is 16.1. The van der Waals surface area contributed by atoms with Crippen molar-refractivity contribution in [2.45, 2.75) is 42.2 Å². The number of carbonyl (C=O) groups is 2. The quantitative estimate of drug-likeness (QED) is 0.428. The van der Waals surface area contributed by atoms with Gasteiger partial charge in [0, 0.05) is 24.4 Å². The Bertz CT molecular complexity index is 978. The maximum absolute atomic E-state index is 14.1. The van der Waals surface area contributed by atoms with E-state index in [1.807, 2.05) is 48.5 Å². The number of piperidine rings is 1. The number of nitrogens with zero attached hydrogens (tertiary/aromatic N) is 2. The van der Waals surface area contributed by atoms with Gasteiger partial charge >= 0.3 is 5.97 Å². The molecule has 1 atom stereocenters. The van der Waals surface area contributed by atoms with E-state index in [4.69, 9.17) is 9.47 Å². The van der Waals surface area contributed by atoms with Crippen molar-refractivity contribution in [3.05, 3.63) is 54.1 Å². The van der Waals surface area contributed by atoms with Gasteiger partial charge in [-0.05, 0) is 56.6 Å². The number of rotatable bonds is 8. The Labute approximate surface area is 200 Å². The maximum Gasteiger partial charge on any atom is 0.332 e. The van der Waals surface area contributed by atoms with Gasteiger partial charge in [-0.15, -0.1) is 0 Å². The first kappa shape index (κ1) is 23.6. The van der Waals surface area contributed by atoms with Crippen LogP contribution in [0.4, 0.5) is 5.69 Å². The zero-order valence-electron chi connectivity index (χ0n) is 19.4. The lowest BCUT2D eigenvalue weighted by Crippen LogP contribution is -2.57. The Morgan fingerprint density at radius 2 is 1.82 bits per heavy atom. The molecular weight excluding hydrogens is 436 g/mol. The van der Waals surface area contributed by atoms with Crippen molar-refractivity contribution >= 4 is 29.3 Å². The topological polar surface area (TPSA) is 59.1 Å². The summed E-state index contributed by atoms with van der Waals surface area (Å²) in [5, 5.41) is 0. The number of likely N-dealkylation sites (tertiary alicyclic amines) is 1. The fourth-order valence-corrected chi connectivity index (χ4v) is 5.99. The molecule has 2 aromatic carbocycles. The molecular formula is C26H32N2O4S. The van der Waals surface area contributed by atoms with Crippen LogP contribution in [0.15, 0.2) is 53.4 Å². The molecule has 0 aliphatic carbocycles. The average Bonchev–Trinajstić information content (AvgIpc) is 2.85. The van der Waals surface area contributed by atoms with Gasteiger partial charge in [0.05, 0.1) is 19.4 Å². The third-order valence-corrected chi connectivity index (χ3v) is 7.70. The zero-order chi connectivity index (χ0) is 23.3.